The molecule has 5 heteroatoms. The maximum atomic E-state index is 11.7. The van der Waals surface area contributed by atoms with Crippen LogP contribution in [0.2, 0.25) is 0 Å². The number of hydrogen-bond donors (Lipinski definition) is 2. The number of carbonyl (C=O) groups excluding carboxylic acids is 1. The number of aliphatic carboxylic acids is 1. The molecular formula is C14H25NO4. The first-order chi connectivity index (χ1) is 9.08. The van der Waals surface area contributed by atoms with Crippen molar-refractivity contribution in [3.8, 4) is 0 Å². The molecule has 0 aromatic rings. The van der Waals surface area contributed by atoms with Crippen molar-refractivity contribution in [2.75, 3.05) is 13.2 Å². The molecule has 1 atom stereocenters. The van der Waals surface area contributed by atoms with Crippen molar-refractivity contribution in [2.45, 2.75) is 57.9 Å². The summed E-state index contributed by atoms with van der Waals surface area (Å²) in [6.07, 6.45) is 5.33. The van der Waals surface area contributed by atoms with Crippen molar-refractivity contribution in [1.29, 1.82) is 0 Å². The number of rotatable bonds is 8. The van der Waals surface area contributed by atoms with E-state index in [0.717, 1.165) is 38.9 Å². The summed E-state index contributed by atoms with van der Waals surface area (Å²) in [4.78, 5) is 22.1. The standard InChI is InChI=1S/C14H25NO4/c1-11(5-6-14(17)18)15-13(16)4-2-3-12-7-9-19-10-8-12/h11-12H,2-10H2,1H3,(H,15,16)(H,17,18). The molecule has 1 unspecified atom stereocenters. The molecule has 0 aromatic carbocycles. The summed E-state index contributed by atoms with van der Waals surface area (Å²) in [7, 11) is 0. The zero-order valence-electron chi connectivity index (χ0n) is 11.7. The number of ether oxygens (including phenoxy) is 1. The van der Waals surface area contributed by atoms with Crippen LogP contribution >= 0.6 is 0 Å². The summed E-state index contributed by atoms with van der Waals surface area (Å²) in [5.74, 6) is -0.0865. The highest BCUT2D eigenvalue weighted by Gasteiger charge is 2.14. The Bertz CT molecular complexity index is 287. The van der Waals surface area contributed by atoms with Gasteiger partial charge in [-0.2, -0.15) is 0 Å². The van der Waals surface area contributed by atoms with E-state index in [4.69, 9.17) is 9.84 Å². The van der Waals surface area contributed by atoms with Crippen molar-refractivity contribution in [3.63, 3.8) is 0 Å². The van der Waals surface area contributed by atoms with E-state index in [2.05, 4.69) is 5.32 Å². The van der Waals surface area contributed by atoms with Crippen LogP contribution in [-0.4, -0.2) is 36.2 Å². The minimum absolute atomic E-state index is 0.0324. The minimum atomic E-state index is -0.819. The van der Waals surface area contributed by atoms with E-state index < -0.39 is 5.97 Å². The molecule has 0 bridgehead atoms. The number of nitrogens with one attached hydrogen (secondary N) is 1. The van der Waals surface area contributed by atoms with Gasteiger partial charge in [-0.15, -0.1) is 0 Å². The molecule has 0 spiro atoms. The monoisotopic (exact) mass is 271 g/mol. The van der Waals surface area contributed by atoms with Crippen LogP contribution in [0.5, 0.6) is 0 Å². The molecule has 1 fully saturated rings. The summed E-state index contributed by atoms with van der Waals surface area (Å²) < 4.78 is 5.30. The van der Waals surface area contributed by atoms with Crippen molar-refractivity contribution < 1.29 is 19.4 Å². The molecule has 110 valence electrons. The third-order valence-electron chi connectivity index (χ3n) is 3.56. The molecule has 1 saturated heterocycles. The van der Waals surface area contributed by atoms with Gasteiger partial charge in [0.2, 0.25) is 5.91 Å². The first-order valence-corrected chi connectivity index (χ1v) is 7.17. The fourth-order valence-electron chi connectivity index (χ4n) is 2.35. The van der Waals surface area contributed by atoms with Gasteiger partial charge in [0.15, 0.2) is 0 Å². The Hall–Kier alpha value is -1.10. The molecule has 0 aromatic heterocycles. The van der Waals surface area contributed by atoms with Gasteiger partial charge < -0.3 is 15.2 Å². The average Bonchev–Trinajstić information content (AvgIpc) is 2.37. The van der Waals surface area contributed by atoms with Gasteiger partial charge in [-0.3, -0.25) is 9.59 Å². The fraction of sp³-hybridized carbons (Fsp3) is 0.857. The molecular weight excluding hydrogens is 246 g/mol. The third kappa shape index (κ3) is 7.82. The zero-order valence-corrected chi connectivity index (χ0v) is 11.7. The first-order valence-electron chi connectivity index (χ1n) is 7.17. The van der Waals surface area contributed by atoms with Crippen LogP contribution in [0.4, 0.5) is 0 Å². The molecule has 1 rings (SSSR count). The van der Waals surface area contributed by atoms with Crippen LogP contribution in [-0.2, 0) is 14.3 Å². The fourth-order valence-corrected chi connectivity index (χ4v) is 2.35. The Morgan fingerprint density at radius 2 is 2.00 bits per heavy atom. The summed E-state index contributed by atoms with van der Waals surface area (Å²) in [6.45, 7) is 3.55. The Balaban J connectivity index is 2.04. The maximum absolute atomic E-state index is 11.7. The molecule has 0 saturated carbocycles. The second kappa shape index (κ2) is 8.91. The van der Waals surface area contributed by atoms with Crippen molar-refractivity contribution >= 4 is 11.9 Å². The van der Waals surface area contributed by atoms with Gasteiger partial charge in [0.25, 0.3) is 0 Å². The number of amides is 1. The van der Waals surface area contributed by atoms with Gasteiger partial charge in [-0.25, -0.2) is 0 Å². The number of hydrogen-bond acceptors (Lipinski definition) is 3. The summed E-state index contributed by atoms with van der Waals surface area (Å²) in [5, 5.41) is 11.4. The lowest BCUT2D eigenvalue weighted by Gasteiger charge is -2.21. The van der Waals surface area contributed by atoms with Gasteiger partial charge in [-0.05, 0) is 44.9 Å². The van der Waals surface area contributed by atoms with E-state index in [-0.39, 0.29) is 18.4 Å². The average molecular weight is 271 g/mol. The van der Waals surface area contributed by atoms with Crippen LogP contribution in [0.15, 0.2) is 0 Å². The highest BCUT2D eigenvalue weighted by Crippen LogP contribution is 2.20. The highest BCUT2D eigenvalue weighted by atomic mass is 16.5. The molecule has 1 heterocycles. The zero-order chi connectivity index (χ0) is 14.1. The maximum Gasteiger partial charge on any atom is 0.303 e. The Morgan fingerprint density at radius 3 is 2.63 bits per heavy atom. The molecule has 5 nitrogen and oxygen atoms in total. The molecule has 0 aliphatic carbocycles. The third-order valence-corrected chi connectivity index (χ3v) is 3.56. The minimum Gasteiger partial charge on any atom is -0.481 e. The molecule has 1 aliphatic rings. The summed E-state index contributed by atoms with van der Waals surface area (Å²) >= 11 is 0. The summed E-state index contributed by atoms with van der Waals surface area (Å²) in [6, 6.07) is -0.0633. The van der Waals surface area contributed by atoms with E-state index in [1.807, 2.05) is 6.92 Å². The molecule has 0 radical (unpaired) electrons. The van der Waals surface area contributed by atoms with Crippen LogP contribution in [0, 0.1) is 5.92 Å². The second-order valence-electron chi connectivity index (χ2n) is 5.35. The van der Waals surface area contributed by atoms with Crippen molar-refractivity contribution in [2.24, 2.45) is 5.92 Å². The van der Waals surface area contributed by atoms with E-state index in [0.29, 0.717) is 18.8 Å². The van der Waals surface area contributed by atoms with E-state index >= 15 is 0 Å². The normalized spacial score (nSPS) is 17.9. The molecule has 1 aliphatic heterocycles. The largest absolute Gasteiger partial charge is 0.481 e. The number of carboxylic acid groups (broad SMARTS) is 1. The SMILES string of the molecule is CC(CCC(=O)O)NC(=O)CCCC1CCOCC1. The Kier molecular flexibility index (Phi) is 7.48. The van der Waals surface area contributed by atoms with Crippen LogP contribution in [0.3, 0.4) is 0 Å². The smallest absolute Gasteiger partial charge is 0.303 e. The van der Waals surface area contributed by atoms with Crippen molar-refractivity contribution in [1.82, 2.24) is 5.32 Å². The van der Waals surface area contributed by atoms with Gasteiger partial charge >= 0.3 is 5.97 Å². The Morgan fingerprint density at radius 1 is 1.32 bits per heavy atom. The van der Waals surface area contributed by atoms with E-state index in [1.165, 1.54) is 0 Å². The van der Waals surface area contributed by atoms with Crippen LogP contribution < -0.4 is 5.32 Å². The van der Waals surface area contributed by atoms with Gasteiger partial charge in [0, 0.05) is 32.1 Å². The Labute approximate surface area is 114 Å². The predicted octanol–water partition coefficient (Wildman–Crippen LogP) is 1.95. The van der Waals surface area contributed by atoms with Crippen molar-refractivity contribution in [3.05, 3.63) is 0 Å². The second-order valence-corrected chi connectivity index (χ2v) is 5.35. The number of carbonyl (C=O) groups is 2. The van der Waals surface area contributed by atoms with Gasteiger partial charge in [-0.1, -0.05) is 0 Å². The van der Waals surface area contributed by atoms with Crippen LogP contribution in [0.1, 0.15) is 51.9 Å². The molecule has 19 heavy (non-hydrogen) atoms. The summed E-state index contributed by atoms with van der Waals surface area (Å²) in [5.41, 5.74) is 0. The molecule has 1 amide bonds. The lowest BCUT2D eigenvalue weighted by atomic mass is 9.94. The quantitative estimate of drug-likeness (QED) is 0.707. The van der Waals surface area contributed by atoms with E-state index in [9.17, 15) is 9.59 Å². The molecule has 2 N–H and O–H groups in total. The lowest BCUT2D eigenvalue weighted by molar-refractivity contribution is -0.137. The first kappa shape index (κ1) is 16.0. The topological polar surface area (TPSA) is 75.6 Å². The lowest BCUT2D eigenvalue weighted by Crippen LogP contribution is -2.32. The number of carboxylic acids is 1. The van der Waals surface area contributed by atoms with Gasteiger partial charge in [0.1, 0.15) is 0 Å². The van der Waals surface area contributed by atoms with Gasteiger partial charge in [0.05, 0.1) is 0 Å². The van der Waals surface area contributed by atoms with E-state index in [1.54, 1.807) is 0 Å². The highest BCUT2D eigenvalue weighted by molar-refractivity contribution is 5.76. The predicted molar refractivity (Wildman–Crippen MR) is 71.9 cm³/mol. The van der Waals surface area contributed by atoms with Crippen LogP contribution in [0.25, 0.3) is 0 Å².